The van der Waals surface area contributed by atoms with Crippen LogP contribution in [-0.4, -0.2) is 52.2 Å². The molecular formula is C36H64IN3O3S. The van der Waals surface area contributed by atoms with Gasteiger partial charge in [0.25, 0.3) is 5.88 Å². The van der Waals surface area contributed by atoms with Crippen molar-refractivity contribution in [2.75, 3.05) is 26.7 Å². The van der Waals surface area contributed by atoms with Gasteiger partial charge in [0.2, 0.25) is 6.23 Å². The highest BCUT2D eigenvalue weighted by Crippen LogP contribution is 2.38. The van der Waals surface area contributed by atoms with E-state index < -0.39 is 0 Å². The Morgan fingerprint density at radius 3 is 2.05 bits per heavy atom. The van der Waals surface area contributed by atoms with Crippen molar-refractivity contribution in [3.8, 4) is 5.88 Å². The monoisotopic (exact) mass is 745 g/mol. The fourth-order valence-electron chi connectivity index (χ4n) is 7.08. The van der Waals surface area contributed by atoms with Crippen molar-refractivity contribution >= 4 is 23.3 Å². The van der Waals surface area contributed by atoms with Crippen molar-refractivity contribution in [2.45, 2.75) is 168 Å². The van der Waals surface area contributed by atoms with Crippen LogP contribution in [0.4, 0.5) is 0 Å². The molecule has 0 saturated heterocycles. The number of quaternary nitrogens is 1. The summed E-state index contributed by atoms with van der Waals surface area (Å²) < 4.78 is 22.4. The summed E-state index contributed by atoms with van der Waals surface area (Å²) in [7, 11) is 2.29. The van der Waals surface area contributed by atoms with Crippen LogP contribution in [0, 0.1) is 5.92 Å². The lowest BCUT2D eigenvalue weighted by Gasteiger charge is -2.45. The van der Waals surface area contributed by atoms with Crippen molar-refractivity contribution in [1.82, 2.24) is 8.75 Å². The van der Waals surface area contributed by atoms with Gasteiger partial charge in [0, 0.05) is 24.3 Å². The number of hydrogen-bond acceptors (Lipinski definition) is 6. The van der Waals surface area contributed by atoms with Crippen LogP contribution in [0.3, 0.4) is 0 Å². The maximum Gasteiger partial charge on any atom is 0.310 e. The first kappa shape index (κ1) is 39.4. The molecule has 2 unspecified atom stereocenters. The second-order valence-corrected chi connectivity index (χ2v) is 14.2. The van der Waals surface area contributed by atoms with Gasteiger partial charge < -0.3 is 33.5 Å². The lowest BCUT2D eigenvalue weighted by Crippen LogP contribution is -3.00. The van der Waals surface area contributed by atoms with Gasteiger partial charge in [-0.2, -0.15) is 4.37 Å². The summed E-state index contributed by atoms with van der Waals surface area (Å²) in [4.78, 5) is 13.2. The molecule has 2 aliphatic rings. The SMILES string of the molecule is CCCCCCCCCCCCCCCC(=O)OC(C1CCCC1)[N+]1(C)CCC=C(c2nsnc2OCCCCCC)C1.[I-]. The number of likely N-dealkylation sites (N-methyl/N-ethyl adjacent to an activating group) is 1. The van der Waals surface area contributed by atoms with Gasteiger partial charge >= 0.3 is 5.97 Å². The molecule has 2 atom stereocenters. The minimum Gasteiger partial charge on any atom is -1.00 e. The van der Waals surface area contributed by atoms with Crippen LogP contribution in [0.15, 0.2) is 6.08 Å². The Labute approximate surface area is 291 Å². The summed E-state index contributed by atoms with van der Waals surface area (Å²) in [5, 5.41) is 0. The fraction of sp³-hybridized carbons (Fsp3) is 0.861. The van der Waals surface area contributed by atoms with Crippen LogP contribution >= 0.6 is 11.7 Å². The van der Waals surface area contributed by atoms with E-state index in [2.05, 4.69) is 35.7 Å². The molecule has 2 heterocycles. The summed E-state index contributed by atoms with van der Waals surface area (Å²) in [6.07, 6.45) is 30.4. The van der Waals surface area contributed by atoms with Gasteiger partial charge in [-0.25, -0.2) is 0 Å². The normalized spacial score (nSPS) is 19.4. The molecule has 0 N–H and O–H groups in total. The standard InChI is InChI=1S/C36H64N3O3S.HI/c1-4-6-8-10-11-12-13-14-15-16-17-18-19-27-33(40)42-36(31-24-20-21-25-31)39(3)28-23-26-32(30-39)34-35(38-43-37-34)41-29-22-9-7-5-2;/h26,31,36H,4-25,27-30H2,1-3H3;1H/q+1;/p-1. The molecule has 8 heteroatoms. The third-order valence-corrected chi connectivity index (χ3v) is 10.2. The van der Waals surface area contributed by atoms with Crippen LogP contribution in [-0.2, 0) is 9.53 Å². The first-order valence-corrected chi connectivity index (χ1v) is 19.0. The number of ether oxygens (including phenoxy) is 2. The topological polar surface area (TPSA) is 61.3 Å². The summed E-state index contributed by atoms with van der Waals surface area (Å²) in [6, 6.07) is 0. The van der Waals surface area contributed by atoms with E-state index in [1.807, 2.05) is 0 Å². The number of hydrogen-bond donors (Lipinski definition) is 0. The Hall–Kier alpha value is -0.740. The van der Waals surface area contributed by atoms with E-state index in [9.17, 15) is 4.79 Å². The molecular weight excluding hydrogens is 681 g/mol. The number of nitrogens with zero attached hydrogens (tertiary/aromatic N) is 3. The molecule has 0 radical (unpaired) electrons. The highest BCUT2D eigenvalue weighted by Gasteiger charge is 2.44. The number of aromatic nitrogens is 2. The Morgan fingerprint density at radius 1 is 0.864 bits per heavy atom. The Kier molecular flexibility index (Phi) is 21.1. The van der Waals surface area contributed by atoms with E-state index in [1.54, 1.807) is 0 Å². The molecule has 0 aromatic carbocycles. The number of unbranched alkanes of at least 4 members (excludes halogenated alkanes) is 15. The van der Waals surface area contributed by atoms with E-state index in [0.717, 1.165) is 61.8 Å². The molecule has 0 bridgehead atoms. The van der Waals surface area contributed by atoms with Crippen LogP contribution in [0.5, 0.6) is 5.88 Å². The first-order chi connectivity index (χ1) is 21.1. The molecule has 1 aromatic rings. The van der Waals surface area contributed by atoms with Gasteiger partial charge in [-0.1, -0.05) is 129 Å². The average Bonchev–Trinajstić information content (AvgIpc) is 3.71. The molecule has 1 aromatic heterocycles. The number of rotatable bonds is 24. The maximum atomic E-state index is 13.2. The summed E-state index contributed by atoms with van der Waals surface area (Å²) in [5.74, 6) is 1.13. The van der Waals surface area contributed by atoms with Gasteiger partial charge in [-0.15, -0.1) is 4.37 Å². The average molecular weight is 746 g/mol. The predicted molar refractivity (Wildman–Crippen MR) is 180 cm³/mol. The Morgan fingerprint density at radius 2 is 1.43 bits per heavy atom. The summed E-state index contributed by atoms with van der Waals surface area (Å²) in [6.45, 7) is 7.00. The van der Waals surface area contributed by atoms with E-state index >= 15 is 0 Å². The van der Waals surface area contributed by atoms with Gasteiger partial charge in [0.15, 0.2) is 0 Å². The third kappa shape index (κ3) is 14.4. The van der Waals surface area contributed by atoms with Crippen molar-refractivity contribution in [2.24, 2.45) is 5.92 Å². The smallest absolute Gasteiger partial charge is 0.310 e. The van der Waals surface area contributed by atoms with Crippen molar-refractivity contribution < 1.29 is 42.7 Å². The second kappa shape index (κ2) is 23.6. The highest BCUT2D eigenvalue weighted by atomic mass is 127. The minimum absolute atomic E-state index is 0. The lowest BCUT2D eigenvalue weighted by atomic mass is 9.98. The second-order valence-electron chi connectivity index (χ2n) is 13.6. The molecule has 6 nitrogen and oxygen atoms in total. The minimum atomic E-state index is -0.0781. The van der Waals surface area contributed by atoms with E-state index in [-0.39, 0.29) is 36.2 Å². The van der Waals surface area contributed by atoms with E-state index in [4.69, 9.17) is 9.47 Å². The number of carbonyl (C=O) groups excluding carboxylic acids is 1. The van der Waals surface area contributed by atoms with E-state index in [1.165, 1.54) is 120 Å². The Bertz CT molecular complexity index is 920. The van der Waals surface area contributed by atoms with Crippen LogP contribution < -0.4 is 28.7 Å². The third-order valence-electron chi connectivity index (χ3n) is 9.72. The molecule has 1 saturated carbocycles. The zero-order valence-corrected chi connectivity index (χ0v) is 31.4. The van der Waals surface area contributed by atoms with Crippen LogP contribution in [0.25, 0.3) is 5.57 Å². The first-order valence-electron chi connectivity index (χ1n) is 18.3. The van der Waals surface area contributed by atoms with Gasteiger partial charge in [0.05, 0.1) is 31.9 Å². The zero-order chi connectivity index (χ0) is 30.6. The zero-order valence-electron chi connectivity index (χ0n) is 28.5. The van der Waals surface area contributed by atoms with Crippen molar-refractivity contribution in [3.63, 3.8) is 0 Å². The number of halogens is 1. The lowest BCUT2D eigenvalue weighted by molar-refractivity contribution is -0.951. The molecule has 1 aliphatic heterocycles. The molecule has 254 valence electrons. The van der Waals surface area contributed by atoms with Crippen molar-refractivity contribution in [3.05, 3.63) is 11.8 Å². The molecule has 1 aliphatic carbocycles. The molecule has 0 spiro atoms. The van der Waals surface area contributed by atoms with Crippen LogP contribution in [0.2, 0.25) is 0 Å². The number of carbonyl (C=O) groups is 1. The summed E-state index contributed by atoms with van der Waals surface area (Å²) >= 11 is 1.24. The largest absolute Gasteiger partial charge is 1.00 e. The van der Waals surface area contributed by atoms with Gasteiger partial charge in [-0.05, 0) is 25.7 Å². The predicted octanol–water partition coefficient (Wildman–Crippen LogP) is 7.28. The van der Waals surface area contributed by atoms with Crippen molar-refractivity contribution in [1.29, 1.82) is 0 Å². The molecule has 0 amide bonds. The molecule has 3 rings (SSSR count). The highest BCUT2D eigenvalue weighted by molar-refractivity contribution is 6.99. The van der Waals surface area contributed by atoms with Gasteiger partial charge in [0.1, 0.15) is 12.2 Å². The van der Waals surface area contributed by atoms with Crippen LogP contribution in [0.1, 0.15) is 167 Å². The fourth-order valence-corrected chi connectivity index (χ4v) is 7.61. The maximum absolute atomic E-state index is 13.2. The molecule has 44 heavy (non-hydrogen) atoms. The number of esters is 1. The van der Waals surface area contributed by atoms with Gasteiger partial charge in [-0.3, -0.25) is 9.28 Å². The van der Waals surface area contributed by atoms with E-state index in [0.29, 0.717) is 24.8 Å². The quantitative estimate of drug-likeness (QED) is 0.0483. The summed E-state index contributed by atoms with van der Waals surface area (Å²) in [5.41, 5.74) is 2.09. The Balaban J connectivity index is 0.00000675. The molecule has 1 fully saturated rings.